The highest BCUT2D eigenvalue weighted by Crippen LogP contribution is 2.32. The van der Waals surface area contributed by atoms with E-state index in [4.69, 9.17) is 11.6 Å². The van der Waals surface area contributed by atoms with Crippen LogP contribution in [0.1, 0.15) is 19.4 Å². The number of nitrogens with zero attached hydrogens (tertiary/aromatic N) is 2. The molecule has 0 saturated carbocycles. The Labute approximate surface area is 116 Å². The number of likely N-dealkylation sites (N-methyl/N-ethyl adjacent to an activating group) is 1. The van der Waals surface area contributed by atoms with Crippen LogP contribution in [0, 0.1) is 6.42 Å². The third-order valence-corrected chi connectivity index (χ3v) is 4.40. The Morgan fingerprint density at radius 2 is 1.67 bits per heavy atom. The molecule has 2 nitrogen and oxygen atoms in total. The van der Waals surface area contributed by atoms with E-state index in [1.807, 2.05) is 12.1 Å². The van der Waals surface area contributed by atoms with Crippen molar-refractivity contribution in [3.05, 3.63) is 41.3 Å². The van der Waals surface area contributed by atoms with Crippen molar-refractivity contribution < 1.29 is 0 Å². The smallest absolute Gasteiger partial charge is 0.0462 e. The molecular weight excluding hydrogens is 244 g/mol. The molecule has 1 radical (unpaired) electrons. The summed E-state index contributed by atoms with van der Waals surface area (Å²) < 4.78 is 0. The van der Waals surface area contributed by atoms with E-state index in [2.05, 4.69) is 49.2 Å². The SMILES string of the molecule is C[CH]C(C)(c1ccc(Cl)cc1)N1CCN(C)CC1. The van der Waals surface area contributed by atoms with Crippen molar-refractivity contribution in [1.82, 2.24) is 9.80 Å². The normalized spacial score (nSPS) is 21.8. The second-order valence-electron chi connectivity index (χ2n) is 5.23. The summed E-state index contributed by atoms with van der Waals surface area (Å²) >= 11 is 5.98. The van der Waals surface area contributed by atoms with Crippen LogP contribution >= 0.6 is 11.6 Å². The van der Waals surface area contributed by atoms with Gasteiger partial charge in [0.25, 0.3) is 0 Å². The Balaban J connectivity index is 2.21. The minimum absolute atomic E-state index is 0.00580. The third kappa shape index (κ3) is 2.71. The van der Waals surface area contributed by atoms with Gasteiger partial charge in [-0.25, -0.2) is 0 Å². The molecule has 1 heterocycles. The summed E-state index contributed by atoms with van der Waals surface area (Å²) in [7, 11) is 2.19. The van der Waals surface area contributed by atoms with Gasteiger partial charge in [-0.1, -0.05) is 30.7 Å². The van der Waals surface area contributed by atoms with Crippen molar-refractivity contribution >= 4 is 11.6 Å². The molecule has 1 atom stereocenters. The predicted molar refractivity (Wildman–Crippen MR) is 77.8 cm³/mol. The first-order valence-corrected chi connectivity index (χ1v) is 6.94. The van der Waals surface area contributed by atoms with Crippen molar-refractivity contribution in [2.24, 2.45) is 0 Å². The summed E-state index contributed by atoms with van der Waals surface area (Å²) in [6.07, 6.45) is 2.29. The van der Waals surface area contributed by atoms with Crippen LogP contribution in [0.25, 0.3) is 0 Å². The number of rotatable bonds is 3. The van der Waals surface area contributed by atoms with Crippen LogP contribution in [-0.4, -0.2) is 43.0 Å². The Bertz CT molecular complexity index is 382. The zero-order valence-electron chi connectivity index (χ0n) is 11.5. The lowest BCUT2D eigenvalue weighted by Crippen LogP contribution is -2.53. The van der Waals surface area contributed by atoms with Crippen LogP contribution in [0.15, 0.2) is 24.3 Å². The van der Waals surface area contributed by atoms with Gasteiger partial charge in [0.15, 0.2) is 0 Å². The molecular formula is C15H22ClN2. The highest BCUT2D eigenvalue weighted by Gasteiger charge is 2.33. The van der Waals surface area contributed by atoms with Crippen molar-refractivity contribution in [2.75, 3.05) is 33.2 Å². The molecule has 0 N–H and O–H groups in total. The molecule has 1 aromatic carbocycles. The molecule has 0 spiro atoms. The molecule has 0 aliphatic carbocycles. The quantitative estimate of drug-likeness (QED) is 0.829. The average molecular weight is 266 g/mol. The summed E-state index contributed by atoms with van der Waals surface area (Å²) in [5.41, 5.74) is 1.32. The minimum Gasteiger partial charge on any atom is -0.304 e. The van der Waals surface area contributed by atoms with Gasteiger partial charge in [0.05, 0.1) is 0 Å². The molecule has 2 rings (SSSR count). The van der Waals surface area contributed by atoms with Gasteiger partial charge in [0.1, 0.15) is 0 Å². The van der Waals surface area contributed by atoms with Gasteiger partial charge in [-0.15, -0.1) is 0 Å². The Hall–Kier alpha value is -0.570. The number of piperazine rings is 1. The first-order chi connectivity index (χ1) is 8.56. The number of hydrogen-bond acceptors (Lipinski definition) is 2. The highest BCUT2D eigenvalue weighted by molar-refractivity contribution is 6.30. The largest absolute Gasteiger partial charge is 0.304 e. The summed E-state index contributed by atoms with van der Waals surface area (Å²) in [5.74, 6) is 0. The van der Waals surface area contributed by atoms with E-state index < -0.39 is 0 Å². The van der Waals surface area contributed by atoms with Crippen LogP contribution in [-0.2, 0) is 5.54 Å². The van der Waals surface area contributed by atoms with Crippen molar-refractivity contribution in [3.8, 4) is 0 Å². The van der Waals surface area contributed by atoms with E-state index in [-0.39, 0.29) is 5.54 Å². The minimum atomic E-state index is 0.00580. The highest BCUT2D eigenvalue weighted by atomic mass is 35.5. The predicted octanol–water partition coefficient (Wildman–Crippen LogP) is 3.03. The zero-order chi connectivity index (χ0) is 13.2. The van der Waals surface area contributed by atoms with E-state index in [9.17, 15) is 0 Å². The molecule has 0 bridgehead atoms. The lowest BCUT2D eigenvalue weighted by molar-refractivity contribution is 0.0689. The van der Waals surface area contributed by atoms with Gasteiger partial charge in [-0.2, -0.15) is 0 Å². The van der Waals surface area contributed by atoms with E-state index in [0.29, 0.717) is 0 Å². The van der Waals surface area contributed by atoms with Gasteiger partial charge in [0.2, 0.25) is 0 Å². The molecule has 1 saturated heterocycles. The summed E-state index contributed by atoms with van der Waals surface area (Å²) in [5, 5.41) is 0.801. The van der Waals surface area contributed by atoms with E-state index in [1.165, 1.54) is 5.56 Å². The monoisotopic (exact) mass is 265 g/mol. The maximum atomic E-state index is 5.98. The number of benzene rings is 1. The fraction of sp³-hybridized carbons (Fsp3) is 0.533. The van der Waals surface area contributed by atoms with Crippen LogP contribution in [0.4, 0.5) is 0 Å². The summed E-state index contributed by atoms with van der Waals surface area (Å²) in [6, 6.07) is 8.24. The zero-order valence-corrected chi connectivity index (χ0v) is 12.2. The van der Waals surface area contributed by atoms with E-state index in [1.54, 1.807) is 0 Å². The Morgan fingerprint density at radius 1 is 1.11 bits per heavy atom. The summed E-state index contributed by atoms with van der Waals surface area (Å²) in [4.78, 5) is 4.94. The molecule has 1 unspecified atom stereocenters. The van der Waals surface area contributed by atoms with Crippen LogP contribution < -0.4 is 0 Å². The third-order valence-electron chi connectivity index (χ3n) is 4.15. The molecule has 18 heavy (non-hydrogen) atoms. The van der Waals surface area contributed by atoms with Crippen LogP contribution in [0.2, 0.25) is 5.02 Å². The Morgan fingerprint density at radius 3 is 2.17 bits per heavy atom. The second kappa shape index (κ2) is 5.60. The lowest BCUT2D eigenvalue weighted by Gasteiger charge is -2.45. The number of hydrogen-bond donors (Lipinski definition) is 0. The second-order valence-corrected chi connectivity index (χ2v) is 5.67. The van der Waals surface area contributed by atoms with Gasteiger partial charge in [0, 0.05) is 36.7 Å². The Kier molecular flexibility index (Phi) is 4.31. The first kappa shape index (κ1) is 13.9. The van der Waals surface area contributed by atoms with Crippen molar-refractivity contribution in [2.45, 2.75) is 19.4 Å². The van der Waals surface area contributed by atoms with Gasteiger partial charge in [-0.05, 0) is 38.1 Å². The van der Waals surface area contributed by atoms with E-state index >= 15 is 0 Å². The van der Waals surface area contributed by atoms with Crippen molar-refractivity contribution in [1.29, 1.82) is 0 Å². The van der Waals surface area contributed by atoms with Gasteiger partial charge < -0.3 is 4.90 Å². The first-order valence-electron chi connectivity index (χ1n) is 6.56. The molecule has 0 aromatic heterocycles. The fourth-order valence-electron chi connectivity index (χ4n) is 2.59. The standard InChI is InChI=1S/C15H22ClN2/c1-4-15(2,13-5-7-14(16)8-6-13)18-11-9-17(3)10-12-18/h4-8H,9-12H2,1-3H3. The van der Waals surface area contributed by atoms with E-state index in [0.717, 1.165) is 31.2 Å². The fourth-order valence-corrected chi connectivity index (χ4v) is 2.72. The molecule has 99 valence electrons. The topological polar surface area (TPSA) is 6.48 Å². The van der Waals surface area contributed by atoms with Crippen molar-refractivity contribution in [3.63, 3.8) is 0 Å². The maximum Gasteiger partial charge on any atom is 0.0462 e. The lowest BCUT2D eigenvalue weighted by atomic mass is 9.87. The molecule has 1 aliphatic heterocycles. The van der Waals surface area contributed by atoms with Crippen LogP contribution in [0.3, 0.4) is 0 Å². The van der Waals surface area contributed by atoms with Gasteiger partial charge >= 0.3 is 0 Å². The average Bonchev–Trinajstić information content (AvgIpc) is 2.39. The number of halogens is 1. The van der Waals surface area contributed by atoms with Crippen LogP contribution in [0.5, 0.6) is 0 Å². The summed E-state index contributed by atoms with van der Waals surface area (Å²) in [6.45, 7) is 8.93. The molecule has 0 amide bonds. The molecule has 1 aromatic rings. The molecule has 1 fully saturated rings. The molecule has 1 aliphatic rings. The maximum absolute atomic E-state index is 5.98. The van der Waals surface area contributed by atoms with Gasteiger partial charge in [-0.3, -0.25) is 4.90 Å². The molecule has 3 heteroatoms.